The quantitative estimate of drug-likeness (QED) is 0.729. The number of aryl methyl sites for hydroxylation is 1. The zero-order valence-corrected chi connectivity index (χ0v) is 9.06. The molecule has 2 heterocycles. The van der Waals surface area contributed by atoms with Crippen molar-refractivity contribution in [2.24, 2.45) is 7.05 Å². The highest BCUT2D eigenvalue weighted by atomic mass is 15.3. The first-order valence-corrected chi connectivity index (χ1v) is 5.42. The van der Waals surface area contributed by atoms with Crippen LogP contribution in [0.15, 0.2) is 12.3 Å². The Labute approximate surface area is 90.1 Å². The Balaban J connectivity index is 2.01. The molecular formula is C11H16N4. The van der Waals surface area contributed by atoms with Gasteiger partial charge in [-0.1, -0.05) is 0 Å². The Hall–Kier alpha value is -1.34. The second kappa shape index (κ2) is 4.45. The summed E-state index contributed by atoms with van der Waals surface area (Å²) < 4.78 is 1.81. The molecule has 1 aliphatic rings. The molecule has 4 heteroatoms. The van der Waals surface area contributed by atoms with E-state index in [2.05, 4.69) is 16.1 Å². The highest BCUT2D eigenvalue weighted by Crippen LogP contribution is 2.18. The second-order valence-electron chi connectivity index (χ2n) is 4.09. The van der Waals surface area contributed by atoms with Crippen molar-refractivity contribution < 1.29 is 0 Å². The van der Waals surface area contributed by atoms with Gasteiger partial charge in [0.1, 0.15) is 0 Å². The third-order valence-corrected chi connectivity index (χ3v) is 2.90. The SMILES string of the molecule is Cn1ccc(CN2CCCCC2C#N)n1. The maximum absolute atomic E-state index is 9.03. The van der Waals surface area contributed by atoms with Crippen LogP contribution in [0.3, 0.4) is 0 Å². The van der Waals surface area contributed by atoms with Gasteiger partial charge in [0.15, 0.2) is 0 Å². The van der Waals surface area contributed by atoms with Crippen molar-refractivity contribution >= 4 is 0 Å². The van der Waals surface area contributed by atoms with Crippen molar-refractivity contribution in [3.8, 4) is 6.07 Å². The highest BCUT2D eigenvalue weighted by Gasteiger charge is 2.22. The molecule has 1 aromatic rings. The summed E-state index contributed by atoms with van der Waals surface area (Å²) in [4.78, 5) is 2.23. The van der Waals surface area contributed by atoms with E-state index in [0.717, 1.165) is 25.2 Å². The lowest BCUT2D eigenvalue weighted by molar-refractivity contribution is 0.174. The monoisotopic (exact) mass is 204 g/mol. The lowest BCUT2D eigenvalue weighted by Gasteiger charge is -2.30. The second-order valence-corrected chi connectivity index (χ2v) is 4.09. The maximum atomic E-state index is 9.03. The van der Waals surface area contributed by atoms with Crippen LogP contribution in [0.25, 0.3) is 0 Å². The predicted octanol–water partition coefficient (Wildman–Crippen LogP) is 1.30. The molecule has 0 spiro atoms. The molecule has 0 bridgehead atoms. The zero-order valence-electron chi connectivity index (χ0n) is 9.06. The van der Waals surface area contributed by atoms with Gasteiger partial charge in [-0.25, -0.2) is 0 Å². The number of likely N-dealkylation sites (tertiary alicyclic amines) is 1. The molecule has 0 aromatic carbocycles. The fraction of sp³-hybridized carbons (Fsp3) is 0.636. The minimum atomic E-state index is 0.0840. The predicted molar refractivity (Wildman–Crippen MR) is 56.9 cm³/mol. The lowest BCUT2D eigenvalue weighted by atomic mass is 10.0. The van der Waals surface area contributed by atoms with Crippen LogP contribution >= 0.6 is 0 Å². The molecule has 4 nitrogen and oxygen atoms in total. The van der Waals surface area contributed by atoms with E-state index in [-0.39, 0.29) is 6.04 Å². The minimum absolute atomic E-state index is 0.0840. The molecule has 1 aliphatic heterocycles. The van der Waals surface area contributed by atoms with Crippen LogP contribution in [-0.2, 0) is 13.6 Å². The van der Waals surface area contributed by atoms with E-state index in [4.69, 9.17) is 5.26 Å². The summed E-state index contributed by atoms with van der Waals surface area (Å²) in [5.41, 5.74) is 1.06. The van der Waals surface area contributed by atoms with Crippen molar-refractivity contribution in [1.82, 2.24) is 14.7 Å². The van der Waals surface area contributed by atoms with E-state index in [0.29, 0.717) is 0 Å². The minimum Gasteiger partial charge on any atom is -0.282 e. The summed E-state index contributed by atoms with van der Waals surface area (Å²) in [6, 6.07) is 4.47. The smallest absolute Gasteiger partial charge is 0.0981 e. The first-order chi connectivity index (χ1) is 7.29. The fourth-order valence-corrected chi connectivity index (χ4v) is 2.08. The average Bonchev–Trinajstić information content (AvgIpc) is 2.65. The van der Waals surface area contributed by atoms with Crippen LogP contribution in [0.4, 0.5) is 0 Å². The van der Waals surface area contributed by atoms with Crippen molar-refractivity contribution in [3.05, 3.63) is 18.0 Å². The largest absolute Gasteiger partial charge is 0.282 e. The first kappa shape index (κ1) is 10.2. The van der Waals surface area contributed by atoms with Gasteiger partial charge in [0.25, 0.3) is 0 Å². The van der Waals surface area contributed by atoms with Crippen molar-refractivity contribution in [2.75, 3.05) is 6.54 Å². The number of piperidine rings is 1. The molecule has 0 N–H and O–H groups in total. The van der Waals surface area contributed by atoms with Crippen LogP contribution in [0.5, 0.6) is 0 Å². The number of rotatable bonds is 2. The van der Waals surface area contributed by atoms with Crippen LogP contribution in [0.1, 0.15) is 25.0 Å². The summed E-state index contributed by atoms with van der Waals surface area (Å²) in [7, 11) is 1.92. The number of nitriles is 1. The van der Waals surface area contributed by atoms with Crippen molar-refractivity contribution in [3.63, 3.8) is 0 Å². The fourth-order valence-electron chi connectivity index (χ4n) is 2.08. The number of aromatic nitrogens is 2. The van der Waals surface area contributed by atoms with Gasteiger partial charge in [-0.3, -0.25) is 9.58 Å². The van der Waals surface area contributed by atoms with Gasteiger partial charge in [0.05, 0.1) is 17.8 Å². The van der Waals surface area contributed by atoms with Crippen LogP contribution in [0.2, 0.25) is 0 Å². The van der Waals surface area contributed by atoms with Crippen molar-refractivity contribution in [1.29, 1.82) is 5.26 Å². The van der Waals surface area contributed by atoms with E-state index >= 15 is 0 Å². The van der Waals surface area contributed by atoms with Crippen LogP contribution in [-0.4, -0.2) is 27.3 Å². The summed E-state index contributed by atoms with van der Waals surface area (Å²) in [5.74, 6) is 0. The molecule has 0 amide bonds. The molecule has 80 valence electrons. The normalized spacial score (nSPS) is 22.5. The lowest BCUT2D eigenvalue weighted by Crippen LogP contribution is -2.37. The van der Waals surface area contributed by atoms with E-state index < -0.39 is 0 Å². The van der Waals surface area contributed by atoms with Crippen LogP contribution in [0, 0.1) is 11.3 Å². The Bertz CT molecular complexity index is 363. The molecule has 1 fully saturated rings. The summed E-state index contributed by atoms with van der Waals surface area (Å²) >= 11 is 0. The number of nitrogens with zero attached hydrogens (tertiary/aromatic N) is 4. The van der Waals surface area contributed by atoms with E-state index in [9.17, 15) is 0 Å². The average molecular weight is 204 g/mol. The summed E-state index contributed by atoms with van der Waals surface area (Å²) in [5, 5.41) is 13.4. The molecule has 0 aliphatic carbocycles. The molecule has 0 saturated carbocycles. The molecule has 2 rings (SSSR count). The van der Waals surface area contributed by atoms with Gasteiger partial charge < -0.3 is 0 Å². The van der Waals surface area contributed by atoms with E-state index in [1.165, 1.54) is 12.8 Å². The Morgan fingerprint density at radius 2 is 2.47 bits per heavy atom. The van der Waals surface area contributed by atoms with Gasteiger partial charge >= 0.3 is 0 Å². The standard InChI is InChI=1S/C11H16N4/c1-14-7-5-10(13-14)9-15-6-3-2-4-11(15)8-12/h5,7,11H,2-4,6,9H2,1H3. The number of hydrogen-bond acceptors (Lipinski definition) is 3. The molecule has 1 aromatic heterocycles. The summed E-state index contributed by atoms with van der Waals surface area (Å²) in [6.45, 7) is 1.83. The van der Waals surface area contributed by atoms with Gasteiger partial charge in [0, 0.05) is 19.8 Å². The molecular weight excluding hydrogens is 188 g/mol. The third kappa shape index (κ3) is 2.37. The van der Waals surface area contributed by atoms with E-state index in [1.807, 2.05) is 19.3 Å². The molecule has 1 atom stereocenters. The Kier molecular flexibility index (Phi) is 3.02. The number of hydrogen-bond donors (Lipinski definition) is 0. The zero-order chi connectivity index (χ0) is 10.7. The Morgan fingerprint density at radius 3 is 3.13 bits per heavy atom. The van der Waals surface area contributed by atoms with Gasteiger partial charge in [0.2, 0.25) is 0 Å². The highest BCUT2D eigenvalue weighted by molar-refractivity contribution is 5.02. The van der Waals surface area contributed by atoms with Crippen molar-refractivity contribution in [2.45, 2.75) is 31.8 Å². The molecule has 0 radical (unpaired) electrons. The molecule has 15 heavy (non-hydrogen) atoms. The topological polar surface area (TPSA) is 44.9 Å². The maximum Gasteiger partial charge on any atom is 0.0981 e. The van der Waals surface area contributed by atoms with Gasteiger partial charge in [-0.15, -0.1) is 0 Å². The first-order valence-electron chi connectivity index (χ1n) is 5.42. The molecule has 1 saturated heterocycles. The third-order valence-electron chi connectivity index (χ3n) is 2.90. The Morgan fingerprint density at radius 1 is 1.60 bits per heavy atom. The van der Waals surface area contributed by atoms with E-state index in [1.54, 1.807) is 4.68 Å². The van der Waals surface area contributed by atoms with Gasteiger partial charge in [-0.2, -0.15) is 10.4 Å². The summed E-state index contributed by atoms with van der Waals surface area (Å²) in [6.07, 6.45) is 5.33. The van der Waals surface area contributed by atoms with Crippen LogP contribution < -0.4 is 0 Å². The van der Waals surface area contributed by atoms with Gasteiger partial charge in [-0.05, 0) is 31.9 Å². The molecule has 1 unspecified atom stereocenters.